The van der Waals surface area contributed by atoms with Gasteiger partial charge >= 0.3 is 0 Å². The highest BCUT2D eigenvalue weighted by Gasteiger charge is 2.14. The van der Waals surface area contributed by atoms with E-state index in [1.165, 1.54) is 14.2 Å². The minimum atomic E-state index is 0.381. The van der Waals surface area contributed by atoms with E-state index in [1.807, 2.05) is 0 Å². The Balaban J connectivity index is 2.03. The Kier molecular flexibility index (Phi) is 4.19. The Morgan fingerprint density at radius 1 is 1.12 bits per heavy atom. The molecule has 0 amide bonds. The summed E-state index contributed by atoms with van der Waals surface area (Å²) in [6.07, 6.45) is 0. The summed E-state index contributed by atoms with van der Waals surface area (Å²) in [5.74, 6) is 0. The standard InChI is InChI=1S/C12H14BrNS2/c1-8(11-4-3-6-15-11)14-9(2)12-10(13)5-7-16-12/h3-9,14H,1-2H3/t8-,9?/m1/s1. The van der Waals surface area contributed by atoms with E-state index >= 15 is 0 Å². The fourth-order valence-electron chi connectivity index (χ4n) is 1.68. The van der Waals surface area contributed by atoms with Crippen molar-refractivity contribution in [2.45, 2.75) is 25.9 Å². The number of thiophene rings is 2. The van der Waals surface area contributed by atoms with Gasteiger partial charge in [0.1, 0.15) is 0 Å². The molecule has 0 radical (unpaired) electrons. The lowest BCUT2D eigenvalue weighted by molar-refractivity contribution is 0.504. The molecule has 0 spiro atoms. The highest BCUT2D eigenvalue weighted by molar-refractivity contribution is 9.10. The zero-order valence-corrected chi connectivity index (χ0v) is 12.5. The van der Waals surface area contributed by atoms with Gasteiger partial charge in [-0.05, 0) is 52.7 Å². The first-order valence-electron chi connectivity index (χ1n) is 5.21. The Labute approximate surface area is 113 Å². The second-order valence-corrected chi connectivity index (χ2v) is 6.54. The van der Waals surface area contributed by atoms with Crippen molar-refractivity contribution in [2.75, 3.05) is 0 Å². The molecule has 1 unspecified atom stereocenters. The SMILES string of the molecule is CC(N[C@H](C)c1cccs1)c1sccc1Br. The zero-order chi connectivity index (χ0) is 11.5. The van der Waals surface area contributed by atoms with Crippen molar-refractivity contribution in [1.29, 1.82) is 0 Å². The molecule has 2 atom stereocenters. The van der Waals surface area contributed by atoms with Crippen LogP contribution in [-0.4, -0.2) is 0 Å². The van der Waals surface area contributed by atoms with Gasteiger partial charge in [0.2, 0.25) is 0 Å². The summed E-state index contributed by atoms with van der Waals surface area (Å²) in [7, 11) is 0. The van der Waals surface area contributed by atoms with Gasteiger partial charge in [-0.2, -0.15) is 0 Å². The molecule has 0 aromatic carbocycles. The van der Waals surface area contributed by atoms with Gasteiger partial charge in [0.15, 0.2) is 0 Å². The Morgan fingerprint density at radius 3 is 2.50 bits per heavy atom. The van der Waals surface area contributed by atoms with Crippen molar-refractivity contribution in [1.82, 2.24) is 5.32 Å². The average Bonchev–Trinajstić information content (AvgIpc) is 2.86. The first-order valence-corrected chi connectivity index (χ1v) is 7.76. The summed E-state index contributed by atoms with van der Waals surface area (Å²) < 4.78 is 1.20. The maximum Gasteiger partial charge on any atom is 0.0402 e. The summed E-state index contributed by atoms with van der Waals surface area (Å²) in [6, 6.07) is 7.17. The maximum atomic E-state index is 3.62. The van der Waals surface area contributed by atoms with Crippen LogP contribution in [-0.2, 0) is 0 Å². The van der Waals surface area contributed by atoms with Crippen LogP contribution in [0.15, 0.2) is 33.4 Å². The number of halogens is 1. The quantitative estimate of drug-likeness (QED) is 0.838. The highest BCUT2D eigenvalue weighted by Crippen LogP contribution is 2.30. The van der Waals surface area contributed by atoms with Crippen LogP contribution in [0.5, 0.6) is 0 Å². The van der Waals surface area contributed by atoms with E-state index < -0.39 is 0 Å². The molecule has 1 N–H and O–H groups in total. The van der Waals surface area contributed by atoms with Gasteiger partial charge in [0, 0.05) is 26.3 Å². The van der Waals surface area contributed by atoms with Crippen LogP contribution < -0.4 is 5.32 Å². The molecule has 2 aromatic rings. The third kappa shape index (κ3) is 2.74. The zero-order valence-electron chi connectivity index (χ0n) is 9.24. The third-order valence-corrected chi connectivity index (χ3v) is 5.62. The largest absolute Gasteiger partial charge is 0.302 e. The van der Waals surface area contributed by atoms with E-state index in [4.69, 9.17) is 0 Å². The number of nitrogens with one attached hydrogen (secondary N) is 1. The lowest BCUT2D eigenvalue weighted by Crippen LogP contribution is -2.21. The molecule has 4 heteroatoms. The molecular weight excluding hydrogens is 302 g/mol. The molecule has 86 valence electrons. The summed E-state index contributed by atoms with van der Waals surface area (Å²) in [5.41, 5.74) is 0. The maximum absolute atomic E-state index is 3.62. The van der Waals surface area contributed by atoms with Crippen LogP contribution in [0.25, 0.3) is 0 Å². The molecular formula is C12H14BrNS2. The normalized spacial score (nSPS) is 14.9. The number of rotatable bonds is 4. The topological polar surface area (TPSA) is 12.0 Å². The van der Waals surface area contributed by atoms with E-state index in [2.05, 4.69) is 64.1 Å². The number of hydrogen-bond donors (Lipinski definition) is 1. The molecule has 2 aromatic heterocycles. The molecule has 0 saturated heterocycles. The van der Waals surface area contributed by atoms with Crippen LogP contribution in [0.4, 0.5) is 0 Å². The first kappa shape index (κ1) is 12.3. The summed E-state index contributed by atoms with van der Waals surface area (Å²) >= 11 is 7.17. The van der Waals surface area contributed by atoms with Crippen LogP contribution in [0.1, 0.15) is 35.7 Å². The fourth-order valence-corrected chi connectivity index (χ4v) is 4.16. The Bertz CT molecular complexity index is 436. The lowest BCUT2D eigenvalue weighted by Gasteiger charge is -2.18. The van der Waals surface area contributed by atoms with E-state index in [0.29, 0.717) is 12.1 Å². The van der Waals surface area contributed by atoms with Crippen molar-refractivity contribution in [3.05, 3.63) is 43.2 Å². The molecule has 0 aliphatic heterocycles. The first-order chi connectivity index (χ1) is 7.68. The van der Waals surface area contributed by atoms with E-state index in [-0.39, 0.29) is 0 Å². The van der Waals surface area contributed by atoms with Crippen molar-refractivity contribution < 1.29 is 0 Å². The third-order valence-electron chi connectivity index (χ3n) is 2.51. The minimum absolute atomic E-state index is 0.381. The molecule has 2 heterocycles. The molecule has 1 nitrogen and oxygen atoms in total. The van der Waals surface area contributed by atoms with Gasteiger partial charge < -0.3 is 5.32 Å². The second kappa shape index (κ2) is 5.45. The monoisotopic (exact) mass is 315 g/mol. The molecule has 0 aliphatic carbocycles. The van der Waals surface area contributed by atoms with Crippen molar-refractivity contribution >= 4 is 38.6 Å². The summed E-state index contributed by atoms with van der Waals surface area (Å²) in [5, 5.41) is 7.86. The molecule has 16 heavy (non-hydrogen) atoms. The molecule has 0 fully saturated rings. The average molecular weight is 316 g/mol. The molecule has 2 rings (SSSR count). The Hall–Kier alpha value is -0.160. The molecule has 0 bridgehead atoms. The van der Waals surface area contributed by atoms with E-state index in [1.54, 1.807) is 22.7 Å². The Morgan fingerprint density at radius 2 is 1.94 bits per heavy atom. The van der Waals surface area contributed by atoms with Gasteiger partial charge in [-0.15, -0.1) is 22.7 Å². The van der Waals surface area contributed by atoms with Crippen LogP contribution in [0, 0.1) is 0 Å². The van der Waals surface area contributed by atoms with Crippen molar-refractivity contribution in [2.24, 2.45) is 0 Å². The van der Waals surface area contributed by atoms with Gasteiger partial charge in [-0.25, -0.2) is 0 Å². The molecule has 0 saturated carbocycles. The van der Waals surface area contributed by atoms with E-state index in [0.717, 1.165) is 0 Å². The van der Waals surface area contributed by atoms with Crippen molar-refractivity contribution in [3.63, 3.8) is 0 Å². The predicted molar refractivity (Wildman–Crippen MR) is 76.3 cm³/mol. The van der Waals surface area contributed by atoms with Gasteiger partial charge in [0.25, 0.3) is 0 Å². The fraction of sp³-hybridized carbons (Fsp3) is 0.333. The second-order valence-electron chi connectivity index (χ2n) is 3.76. The molecule has 0 aliphatic rings. The van der Waals surface area contributed by atoms with Crippen LogP contribution in [0.3, 0.4) is 0 Å². The highest BCUT2D eigenvalue weighted by atomic mass is 79.9. The van der Waals surface area contributed by atoms with Crippen LogP contribution >= 0.6 is 38.6 Å². The predicted octanol–water partition coefficient (Wildman–Crippen LogP) is 4.98. The summed E-state index contributed by atoms with van der Waals surface area (Å²) in [4.78, 5) is 2.75. The van der Waals surface area contributed by atoms with Gasteiger partial charge in [-0.3, -0.25) is 0 Å². The minimum Gasteiger partial charge on any atom is -0.302 e. The van der Waals surface area contributed by atoms with Crippen LogP contribution in [0.2, 0.25) is 0 Å². The van der Waals surface area contributed by atoms with E-state index in [9.17, 15) is 0 Å². The lowest BCUT2D eigenvalue weighted by atomic mass is 10.2. The summed E-state index contributed by atoms with van der Waals surface area (Å²) in [6.45, 7) is 4.42. The van der Waals surface area contributed by atoms with Crippen molar-refractivity contribution in [3.8, 4) is 0 Å². The smallest absolute Gasteiger partial charge is 0.0402 e. The van der Waals surface area contributed by atoms with Gasteiger partial charge in [-0.1, -0.05) is 6.07 Å². The number of hydrogen-bond acceptors (Lipinski definition) is 3. The van der Waals surface area contributed by atoms with Gasteiger partial charge in [0.05, 0.1) is 0 Å².